The molecule has 0 aliphatic carbocycles. The van der Waals surface area contributed by atoms with E-state index in [2.05, 4.69) is 0 Å². The summed E-state index contributed by atoms with van der Waals surface area (Å²) in [7, 11) is 1.48. The molecule has 6 nitrogen and oxygen atoms in total. The van der Waals surface area contributed by atoms with Gasteiger partial charge in [-0.15, -0.1) is 0 Å². The Morgan fingerprint density at radius 3 is 2.21 bits per heavy atom. The lowest BCUT2D eigenvalue weighted by Crippen LogP contribution is -2.45. The van der Waals surface area contributed by atoms with Crippen LogP contribution >= 0.6 is 0 Å². The topological polar surface area (TPSA) is 65.1 Å². The second-order valence-electron chi connectivity index (χ2n) is 8.74. The van der Waals surface area contributed by atoms with E-state index in [0.29, 0.717) is 11.3 Å². The van der Waals surface area contributed by atoms with E-state index >= 15 is 0 Å². The van der Waals surface area contributed by atoms with Gasteiger partial charge in [-0.2, -0.15) is 0 Å². The minimum atomic E-state index is -0.978. The van der Waals surface area contributed by atoms with Crippen LogP contribution in [0.3, 0.4) is 0 Å². The molecule has 1 aliphatic rings. The van der Waals surface area contributed by atoms with Crippen LogP contribution in [0.5, 0.6) is 0 Å². The number of esters is 1. The number of ether oxygens (including phenoxy) is 2. The maximum Gasteiger partial charge on any atom is 0.316 e. The van der Waals surface area contributed by atoms with Crippen molar-refractivity contribution in [1.82, 2.24) is 5.06 Å². The zero-order chi connectivity index (χ0) is 21.4. The van der Waals surface area contributed by atoms with Crippen molar-refractivity contribution in [2.45, 2.75) is 60.9 Å². The summed E-state index contributed by atoms with van der Waals surface area (Å²) in [5.41, 5.74) is 2.40. The van der Waals surface area contributed by atoms with E-state index in [1.54, 1.807) is 34.6 Å². The predicted molar refractivity (Wildman–Crippen MR) is 107 cm³/mol. The number of hydrogen-bond acceptors (Lipinski definition) is 5. The summed E-state index contributed by atoms with van der Waals surface area (Å²) >= 11 is 0. The number of rotatable bonds is 5. The van der Waals surface area contributed by atoms with Gasteiger partial charge in [0, 0.05) is 7.11 Å². The molecule has 6 heteroatoms. The summed E-state index contributed by atoms with van der Waals surface area (Å²) in [5.74, 6) is -0.460. The van der Waals surface area contributed by atoms with Crippen LogP contribution in [-0.2, 0) is 23.9 Å². The highest BCUT2D eigenvalue weighted by atomic mass is 16.8. The van der Waals surface area contributed by atoms with Gasteiger partial charge in [0.2, 0.25) is 0 Å². The molecule has 1 amide bonds. The monoisotopic (exact) mass is 389 g/mol. The predicted octanol–water partition coefficient (Wildman–Crippen LogP) is 4.07. The molecule has 154 valence electrons. The second-order valence-corrected chi connectivity index (χ2v) is 8.74. The van der Waals surface area contributed by atoms with E-state index < -0.39 is 16.9 Å². The van der Waals surface area contributed by atoms with Gasteiger partial charge in [-0.25, -0.2) is 9.90 Å². The maximum atomic E-state index is 13.4. The molecule has 0 unspecified atom stereocenters. The average Bonchev–Trinajstić information content (AvgIpc) is 2.76. The second kappa shape index (κ2) is 7.68. The van der Waals surface area contributed by atoms with Gasteiger partial charge in [-0.05, 0) is 77.6 Å². The standard InChI is InChI=1S/C22H31NO5/c1-13-10-11-14(2)16(15(13)3)17-18(28-20(25)21(4,5)6)22(7,8)23(19(17)24)27-12-26-9/h10-11H,12H2,1-9H3. The summed E-state index contributed by atoms with van der Waals surface area (Å²) in [4.78, 5) is 31.6. The number of amides is 1. The normalized spacial score (nSPS) is 16.8. The van der Waals surface area contributed by atoms with Gasteiger partial charge in [-0.3, -0.25) is 9.59 Å². The Labute approximate surface area is 167 Å². The summed E-state index contributed by atoms with van der Waals surface area (Å²) in [6, 6.07) is 3.98. The van der Waals surface area contributed by atoms with Crippen molar-refractivity contribution in [3.8, 4) is 0 Å². The van der Waals surface area contributed by atoms with E-state index in [1.165, 1.54) is 12.2 Å². The Bertz CT molecular complexity index is 830. The lowest BCUT2D eigenvalue weighted by molar-refractivity contribution is -0.239. The first kappa shape index (κ1) is 22.1. The van der Waals surface area contributed by atoms with Crippen LogP contribution in [0.1, 0.15) is 56.9 Å². The highest BCUT2D eigenvalue weighted by Gasteiger charge is 2.51. The van der Waals surface area contributed by atoms with Gasteiger partial charge in [0.25, 0.3) is 5.91 Å². The third kappa shape index (κ3) is 3.84. The smallest absolute Gasteiger partial charge is 0.316 e. The lowest BCUT2D eigenvalue weighted by Gasteiger charge is -2.32. The number of carbonyl (C=O) groups is 2. The fourth-order valence-electron chi connectivity index (χ4n) is 3.15. The van der Waals surface area contributed by atoms with E-state index in [4.69, 9.17) is 14.3 Å². The van der Waals surface area contributed by atoms with Crippen molar-refractivity contribution in [1.29, 1.82) is 0 Å². The Balaban J connectivity index is 2.73. The molecule has 2 rings (SSSR count). The molecule has 0 saturated heterocycles. The number of nitrogens with zero attached hydrogens (tertiary/aromatic N) is 1. The lowest BCUT2D eigenvalue weighted by atomic mass is 9.90. The Kier molecular flexibility index (Phi) is 6.07. The number of hydrogen-bond donors (Lipinski definition) is 0. The third-order valence-electron chi connectivity index (χ3n) is 4.99. The van der Waals surface area contributed by atoms with E-state index in [9.17, 15) is 9.59 Å². The first-order valence-corrected chi connectivity index (χ1v) is 9.34. The summed E-state index contributed by atoms with van der Waals surface area (Å²) in [6.07, 6.45) is 0. The number of carbonyl (C=O) groups excluding carboxylic acids is 2. The quantitative estimate of drug-likeness (QED) is 0.561. The molecular weight excluding hydrogens is 358 g/mol. The number of hydroxylamine groups is 2. The SMILES string of the molecule is COCON1C(=O)C(c2c(C)ccc(C)c2C)=C(OC(=O)C(C)(C)C)C1(C)C. The van der Waals surface area contributed by atoms with Crippen LogP contribution in [-0.4, -0.2) is 36.4 Å². The molecule has 0 fully saturated rings. The molecule has 0 bridgehead atoms. The molecule has 0 radical (unpaired) electrons. The molecule has 0 atom stereocenters. The average molecular weight is 389 g/mol. The Morgan fingerprint density at radius 2 is 1.68 bits per heavy atom. The molecule has 0 saturated carbocycles. The van der Waals surface area contributed by atoms with E-state index in [-0.39, 0.29) is 12.7 Å². The van der Waals surface area contributed by atoms with Crippen LogP contribution in [0.2, 0.25) is 0 Å². The molecule has 1 aromatic rings. The van der Waals surface area contributed by atoms with Gasteiger partial charge in [0.15, 0.2) is 6.79 Å². The summed E-state index contributed by atoms with van der Waals surface area (Å²) < 4.78 is 10.8. The van der Waals surface area contributed by atoms with E-state index in [0.717, 1.165) is 22.3 Å². The van der Waals surface area contributed by atoms with Crippen LogP contribution in [0, 0.1) is 26.2 Å². The fraction of sp³-hybridized carbons (Fsp3) is 0.545. The van der Waals surface area contributed by atoms with Gasteiger partial charge < -0.3 is 9.47 Å². The zero-order valence-corrected chi connectivity index (χ0v) is 18.4. The summed E-state index contributed by atoms with van der Waals surface area (Å²) in [6.45, 7) is 14.7. The molecule has 1 aromatic carbocycles. The largest absolute Gasteiger partial charge is 0.427 e. The minimum Gasteiger partial charge on any atom is -0.427 e. The van der Waals surface area contributed by atoms with Gasteiger partial charge >= 0.3 is 5.97 Å². The van der Waals surface area contributed by atoms with Crippen LogP contribution < -0.4 is 0 Å². The number of benzene rings is 1. The highest BCUT2D eigenvalue weighted by Crippen LogP contribution is 2.43. The Morgan fingerprint density at radius 1 is 1.11 bits per heavy atom. The van der Waals surface area contributed by atoms with Crippen molar-refractivity contribution in [2.24, 2.45) is 5.41 Å². The molecule has 1 heterocycles. The Hall–Kier alpha value is -2.18. The van der Waals surface area contributed by atoms with Crippen molar-refractivity contribution in [3.63, 3.8) is 0 Å². The third-order valence-corrected chi connectivity index (χ3v) is 4.99. The molecule has 28 heavy (non-hydrogen) atoms. The molecule has 1 aliphatic heterocycles. The van der Waals surface area contributed by atoms with Crippen molar-refractivity contribution in [3.05, 3.63) is 40.1 Å². The van der Waals surface area contributed by atoms with Crippen molar-refractivity contribution >= 4 is 17.4 Å². The van der Waals surface area contributed by atoms with Gasteiger partial charge in [-0.1, -0.05) is 12.1 Å². The minimum absolute atomic E-state index is 0.0886. The van der Waals surface area contributed by atoms with Crippen LogP contribution in [0.4, 0.5) is 0 Å². The first-order valence-electron chi connectivity index (χ1n) is 9.34. The highest BCUT2D eigenvalue weighted by molar-refractivity contribution is 6.23. The maximum absolute atomic E-state index is 13.4. The van der Waals surface area contributed by atoms with E-state index in [1.807, 2.05) is 32.9 Å². The van der Waals surface area contributed by atoms with Gasteiger partial charge in [0.1, 0.15) is 11.3 Å². The van der Waals surface area contributed by atoms with Crippen molar-refractivity contribution < 1.29 is 23.9 Å². The van der Waals surface area contributed by atoms with Gasteiger partial charge in [0.05, 0.1) is 11.0 Å². The molecule has 0 aromatic heterocycles. The van der Waals surface area contributed by atoms with Crippen LogP contribution in [0.25, 0.3) is 5.57 Å². The number of aryl methyl sites for hydroxylation is 2. The molecule has 0 N–H and O–H groups in total. The fourth-order valence-corrected chi connectivity index (χ4v) is 3.15. The van der Waals surface area contributed by atoms with Crippen molar-refractivity contribution in [2.75, 3.05) is 13.9 Å². The molecule has 0 spiro atoms. The first-order chi connectivity index (χ1) is 12.8. The zero-order valence-electron chi connectivity index (χ0n) is 18.4. The number of methoxy groups -OCH3 is 1. The molecular formula is C22H31NO5. The summed E-state index contributed by atoms with van der Waals surface area (Å²) in [5, 5.41) is 1.23. The van der Waals surface area contributed by atoms with Crippen LogP contribution in [0.15, 0.2) is 17.9 Å².